The van der Waals surface area contributed by atoms with Crippen LogP contribution < -0.4 is 10.1 Å². The largest absolute Gasteiger partial charge is 0.573 e. The van der Waals surface area contributed by atoms with Crippen molar-refractivity contribution in [1.29, 1.82) is 0 Å². The predicted octanol–water partition coefficient (Wildman–Crippen LogP) is 4.21. The van der Waals surface area contributed by atoms with Crippen LogP contribution in [-0.2, 0) is 5.60 Å². The van der Waals surface area contributed by atoms with Gasteiger partial charge in [0.1, 0.15) is 28.5 Å². The Kier molecular flexibility index (Phi) is 7.25. The second-order valence-electron chi connectivity index (χ2n) is 8.54. The fraction of sp³-hybridized carbons (Fsp3) is 0.409. The van der Waals surface area contributed by atoms with E-state index in [2.05, 4.69) is 27.1 Å². The average molecular weight is 501 g/mol. The van der Waals surface area contributed by atoms with Crippen LogP contribution >= 0.6 is 11.8 Å². The van der Waals surface area contributed by atoms with Gasteiger partial charge in [0.15, 0.2) is 11.9 Å². The van der Waals surface area contributed by atoms with Crippen LogP contribution in [0, 0.1) is 5.82 Å². The summed E-state index contributed by atoms with van der Waals surface area (Å²) in [5.74, 6) is 1.04. The third kappa shape index (κ3) is 5.86. The van der Waals surface area contributed by atoms with Crippen LogP contribution in [0.5, 0.6) is 5.75 Å². The minimum Gasteiger partial charge on any atom is -0.406 e. The number of benzene rings is 1. The highest BCUT2D eigenvalue weighted by Crippen LogP contribution is 2.32. The first-order valence-corrected chi connectivity index (χ1v) is 11.3. The van der Waals surface area contributed by atoms with Crippen molar-refractivity contribution >= 4 is 29.1 Å². The zero-order chi connectivity index (χ0) is 25.3. The average Bonchev–Trinajstić information content (AvgIpc) is 3.12. The molecule has 1 fully saturated rings. The number of hydrogen-bond acceptors (Lipinski definition) is 7. The van der Waals surface area contributed by atoms with Crippen LogP contribution in [-0.4, -0.2) is 56.6 Å². The summed E-state index contributed by atoms with van der Waals surface area (Å²) in [5, 5.41) is 18.0. The van der Waals surface area contributed by atoms with Gasteiger partial charge < -0.3 is 15.2 Å². The Labute approximate surface area is 197 Å². The van der Waals surface area contributed by atoms with Gasteiger partial charge in [-0.1, -0.05) is 0 Å². The van der Waals surface area contributed by atoms with Gasteiger partial charge in [0.25, 0.3) is 0 Å². The molecule has 2 aromatic heterocycles. The van der Waals surface area contributed by atoms with Crippen LogP contribution in [0.3, 0.4) is 0 Å². The zero-order valence-electron chi connectivity index (χ0n) is 18.9. The van der Waals surface area contributed by atoms with Crippen LogP contribution in [0.15, 0.2) is 30.5 Å². The fourth-order valence-corrected chi connectivity index (χ4v) is 4.21. The van der Waals surface area contributed by atoms with Crippen molar-refractivity contribution in [3.8, 4) is 11.4 Å². The number of halogens is 4. The molecule has 3 heterocycles. The number of carbonyl (C=O) groups excluding carboxylic acids is 1. The Morgan fingerprint density at radius 1 is 1.26 bits per heavy atom. The molecule has 0 radical (unpaired) electrons. The number of nitrogens with one attached hydrogen (secondary N) is 1. The number of hydrogen-bond donors (Lipinski definition) is 2. The maximum Gasteiger partial charge on any atom is 0.573 e. The smallest absolute Gasteiger partial charge is 0.406 e. The highest BCUT2D eigenvalue weighted by Gasteiger charge is 2.32. The summed E-state index contributed by atoms with van der Waals surface area (Å²) in [7, 11) is 2.03. The fourth-order valence-electron chi connectivity index (χ4n) is 3.11. The number of thioether (sulfide) groups is 1. The second-order valence-corrected chi connectivity index (χ2v) is 9.53. The first-order chi connectivity index (χ1) is 15.8. The van der Waals surface area contributed by atoms with Crippen molar-refractivity contribution in [2.75, 3.05) is 18.6 Å². The third-order valence-electron chi connectivity index (χ3n) is 5.08. The van der Waals surface area contributed by atoms with Gasteiger partial charge in [-0.25, -0.2) is 14.1 Å². The number of fused-ring (bicyclic) bond motifs is 1. The van der Waals surface area contributed by atoms with Crippen molar-refractivity contribution in [3.05, 3.63) is 47.5 Å². The molecule has 2 N–H and O–H groups in total. The van der Waals surface area contributed by atoms with Crippen molar-refractivity contribution in [2.24, 2.45) is 0 Å². The number of alkyl halides is 3. The topological polar surface area (TPSA) is 89.3 Å². The predicted molar refractivity (Wildman–Crippen MR) is 121 cm³/mol. The molecular weight excluding hydrogens is 476 g/mol. The molecule has 34 heavy (non-hydrogen) atoms. The minimum absolute atomic E-state index is 0.0563. The molecule has 1 saturated heterocycles. The van der Waals surface area contributed by atoms with Crippen LogP contribution in [0.25, 0.3) is 16.7 Å². The Hall–Kier alpha value is -2.70. The second kappa shape index (κ2) is 9.51. The van der Waals surface area contributed by atoms with Gasteiger partial charge in [-0.15, -0.1) is 13.2 Å². The van der Waals surface area contributed by atoms with Crippen molar-refractivity contribution in [2.45, 2.75) is 38.3 Å². The molecule has 1 aliphatic rings. The number of carbonyl (C=O) groups is 1. The molecule has 1 aromatic carbocycles. The number of aliphatic hydroxyl groups is 1. The Bertz CT molecular complexity index is 1180. The maximum atomic E-state index is 14.3. The van der Waals surface area contributed by atoms with Crippen molar-refractivity contribution in [3.63, 3.8) is 0 Å². The Morgan fingerprint density at radius 2 is 1.94 bits per heavy atom. The van der Waals surface area contributed by atoms with Crippen molar-refractivity contribution < 1.29 is 32.2 Å². The molecule has 0 amide bonds. The minimum atomic E-state index is -4.95. The van der Waals surface area contributed by atoms with Gasteiger partial charge in [-0.3, -0.25) is 4.79 Å². The van der Waals surface area contributed by atoms with E-state index in [1.54, 1.807) is 0 Å². The van der Waals surface area contributed by atoms with E-state index in [1.165, 1.54) is 37.6 Å². The lowest BCUT2D eigenvalue weighted by molar-refractivity contribution is -0.274. The number of aldehydes is 1. The van der Waals surface area contributed by atoms with Crippen LogP contribution in [0.1, 0.15) is 36.8 Å². The first kappa shape index (κ1) is 25.9. The molecule has 12 heteroatoms. The summed E-state index contributed by atoms with van der Waals surface area (Å²) in [6.07, 6.45) is -3.21. The molecule has 0 saturated carbocycles. The molecule has 3 aromatic rings. The lowest BCUT2D eigenvalue weighted by Gasteiger charge is -2.37. The maximum absolute atomic E-state index is 14.3. The summed E-state index contributed by atoms with van der Waals surface area (Å²) in [4.78, 5) is 15.0. The van der Waals surface area contributed by atoms with E-state index in [9.17, 15) is 27.5 Å². The molecule has 0 aliphatic carbocycles. The normalized spacial score (nSPS) is 15.3. The van der Waals surface area contributed by atoms with Gasteiger partial charge in [-0.2, -0.15) is 16.9 Å². The zero-order valence-corrected chi connectivity index (χ0v) is 19.7. The van der Waals surface area contributed by atoms with Gasteiger partial charge in [0.05, 0.1) is 0 Å². The van der Waals surface area contributed by atoms with Gasteiger partial charge in [0, 0.05) is 40.3 Å². The molecular formula is C22H24F4N4O3S. The van der Waals surface area contributed by atoms with E-state index < -0.39 is 23.5 Å². The van der Waals surface area contributed by atoms with E-state index in [4.69, 9.17) is 0 Å². The Balaban J connectivity index is 0.000000396. The molecule has 0 bridgehead atoms. The third-order valence-corrected chi connectivity index (χ3v) is 6.77. The van der Waals surface area contributed by atoms with E-state index >= 15 is 0 Å². The quantitative estimate of drug-likeness (QED) is 0.401. The molecule has 7 nitrogen and oxygen atoms in total. The van der Waals surface area contributed by atoms with Crippen LogP contribution in [0.4, 0.5) is 17.6 Å². The number of nitrogens with zero attached hydrogens (tertiary/aromatic N) is 3. The summed E-state index contributed by atoms with van der Waals surface area (Å²) >= 11 is 2.01. The van der Waals surface area contributed by atoms with E-state index in [1.807, 2.05) is 18.8 Å². The van der Waals surface area contributed by atoms with Crippen molar-refractivity contribution in [1.82, 2.24) is 20.1 Å². The van der Waals surface area contributed by atoms with Gasteiger partial charge >= 0.3 is 6.36 Å². The van der Waals surface area contributed by atoms with Crippen LogP contribution in [0.2, 0.25) is 0 Å². The van der Waals surface area contributed by atoms with E-state index in [-0.39, 0.29) is 28.0 Å². The number of pyridine rings is 1. The lowest BCUT2D eigenvalue weighted by atomic mass is 10.0. The summed E-state index contributed by atoms with van der Waals surface area (Å²) in [6, 6.07) is 3.85. The first-order valence-electron chi connectivity index (χ1n) is 10.2. The number of rotatable bonds is 5. The van der Waals surface area contributed by atoms with Gasteiger partial charge in [-0.05, 0) is 46.0 Å². The van der Waals surface area contributed by atoms with E-state index in [0.717, 1.165) is 22.9 Å². The monoisotopic (exact) mass is 500 g/mol. The Morgan fingerprint density at radius 3 is 2.41 bits per heavy atom. The molecule has 0 spiro atoms. The van der Waals surface area contributed by atoms with E-state index in [0.29, 0.717) is 11.8 Å². The standard InChI is InChI=1S/C17H13F4N3O3.C5H11NS/c1-16(2,26)14-11-5-9(8-25)7-22-15(11)24(23-14)13-6-10(3-4-12(13)18)27-17(19,20)21;1-5(6-2)3-7-4-5/h3-8,26H,1-2H3;6H,3-4H2,1-2H3. The highest BCUT2D eigenvalue weighted by atomic mass is 32.2. The molecule has 1 aliphatic heterocycles. The molecule has 4 rings (SSSR count). The molecule has 0 atom stereocenters. The summed E-state index contributed by atoms with van der Waals surface area (Å²) < 4.78 is 56.5. The van der Waals surface area contributed by atoms with Gasteiger partial charge in [0.2, 0.25) is 0 Å². The molecule has 184 valence electrons. The SMILES string of the molecule is CC(C)(O)c1nn(-c2cc(OC(F)(F)F)ccc2F)c2ncc(C=O)cc12.CNC1(C)CSC1. The lowest BCUT2D eigenvalue weighted by Crippen LogP contribution is -2.51. The summed E-state index contributed by atoms with van der Waals surface area (Å²) in [5.41, 5.74) is -1.03. The number of ether oxygens (including phenoxy) is 1. The molecule has 0 unspecified atom stereocenters. The number of aromatic nitrogens is 3. The summed E-state index contributed by atoms with van der Waals surface area (Å²) in [6.45, 7) is 5.10. The highest BCUT2D eigenvalue weighted by molar-refractivity contribution is 8.00.